The van der Waals surface area contributed by atoms with Crippen molar-refractivity contribution < 1.29 is 13.2 Å². The minimum Gasteiger partial charge on any atom is -0.349 e. The van der Waals surface area contributed by atoms with Crippen LogP contribution in [-0.4, -0.2) is 26.9 Å². The molecule has 138 valence electrons. The highest BCUT2D eigenvalue weighted by molar-refractivity contribution is 7.89. The maximum atomic E-state index is 12.5. The van der Waals surface area contributed by atoms with Gasteiger partial charge in [-0.05, 0) is 68.6 Å². The van der Waals surface area contributed by atoms with E-state index in [2.05, 4.69) is 17.0 Å². The molecular formula is C19H28N2O3S. The Morgan fingerprint density at radius 1 is 1.08 bits per heavy atom. The van der Waals surface area contributed by atoms with Gasteiger partial charge >= 0.3 is 0 Å². The Bertz CT molecular complexity index is 705. The quantitative estimate of drug-likeness (QED) is 0.781. The average molecular weight is 365 g/mol. The largest absolute Gasteiger partial charge is 0.349 e. The van der Waals surface area contributed by atoms with E-state index in [0.29, 0.717) is 18.0 Å². The van der Waals surface area contributed by atoms with Crippen LogP contribution in [0.25, 0.3) is 0 Å². The molecule has 2 aliphatic carbocycles. The second kappa shape index (κ2) is 7.87. The summed E-state index contributed by atoms with van der Waals surface area (Å²) < 4.78 is 27.3. The van der Waals surface area contributed by atoms with Gasteiger partial charge in [-0.1, -0.05) is 19.4 Å². The summed E-state index contributed by atoms with van der Waals surface area (Å²) in [4.78, 5) is 12.7. The molecule has 2 N–H and O–H groups in total. The molecule has 0 aromatic heterocycles. The summed E-state index contributed by atoms with van der Waals surface area (Å²) in [7, 11) is -3.55. The smallest absolute Gasteiger partial charge is 0.251 e. The number of carbonyl (C=O) groups excluding carboxylic acids is 1. The van der Waals surface area contributed by atoms with Crippen LogP contribution in [0.1, 0.15) is 62.2 Å². The molecule has 0 atom stereocenters. The van der Waals surface area contributed by atoms with Crippen LogP contribution in [0.5, 0.6) is 0 Å². The van der Waals surface area contributed by atoms with E-state index in [1.54, 1.807) is 18.2 Å². The Balaban J connectivity index is 1.61. The van der Waals surface area contributed by atoms with E-state index < -0.39 is 10.0 Å². The van der Waals surface area contributed by atoms with Crippen LogP contribution in [0.15, 0.2) is 29.2 Å². The van der Waals surface area contributed by atoms with E-state index in [1.165, 1.54) is 12.5 Å². The van der Waals surface area contributed by atoms with Gasteiger partial charge in [-0.3, -0.25) is 4.79 Å². The Kier molecular flexibility index (Phi) is 5.79. The standard InChI is InChI=1S/C19H28N2O3S/c1-2-14-8-10-17(11-9-14)21-19(22)16-4-3-5-18(12-16)25(23,24)20-13-15-6-7-15/h3-5,12,14-15,17,20H,2,6-11,13H2,1H3,(H,21,22). The molecule has 0 aliphatic heterocycles. The van der Waals surface area contributed by atoms with Crippen molar-refractivity contribution in [1.82, 2.24) is 10.0 Å². The van der Waals surface area contributed by atoms with Crippen LogP contribution in [0.2, 0.25) is 0 Å². The summed E-state index contributed by atoms with van der Waals surface area (Å²) in [6.45, 7) is 2.70. The van der Waals surface area contributed by atoms with Gasteiger partial charge in [0.05, 0.1) is 4.90 Å². The number of carbonyl (C=O) groups is 1. The summed E-state index contributed by atoms with van der Waals surface area (Å²) >= 11 is 0. The van der Waals surface area contributed by atoms with Gasteiger partial charge in [-0.15, -0.1) is 0 Å². The summed E-state index contributed by atoms with van der Waals surface area (Å²) in [6.07, 6.45) is 7.70. The minimum absolute atomic E-state index is 0.162. The van der Waals surface area contributed by atoms with Crippen molar-refractivity contribution in [2.45, 2.75) is 62.8 Å². The van der Waals surface area contributed by atoms with Gasteiger partial charge in [0.2, 0.25) is 10.0 Å². The number of amides is 1. The summed E-state index contributed by atoms with van der Waals surface area (Å²) in [6, 6.07) is 6.52. The highest BCUT2D eigenvalue weighted by Crippen LogP contribution is 2.28. The Hall–Kier alpha value is -1.40. The lowest BCUT2D eigenvalue weighted by molar-refractivity contribution is 0.0921. The van der Waals surface area contributed by atoms with Gasteiger partial charge < -0.3 is 5.32 Å². The first kappa shape index (κ1) is 18.4. The first-order valence-electron chi connectivity index (χ1n) is 9.38. The molecule has 0 bridgehead atoms. The fraction of sp³-hybridized carbons (Fsp3) is 0.632. The molecule has 1 aromatic carbocycles. The monoisotopic (exact) mass is 364 g/mol. The third-order valence-corrected chi connectivity index (χ3v) is 6.85. The molecule has 0 saturated heterocycles. The lowest BCUT2D eigenvalue weighted by Crippen LogP contribution is -2.37. The van der Waals surface area contributed by atoms with Crippen molar-refractivity contribution in [1.29, 1.82) is 0 Å². The number of sulfonamides is 1. The maximum absolute atomic E-state index is 12.5. The maximum Gasteiger partial charge on any atom is 0.251 e. The lowest BCUT2D eigenvalue weighted by atomic mass is 9.84. The molecule has 2 saturated carbocycles. The van der Waals surface area contributed by atoms with E-state index in [4.69, 9.17) is 0 Å². The topological polar surface area (TPSA) is 75.3 Å². The van der Waals surface area contributed by atoms with Crippen LogP contribution in [0.4, 0.5) is 0 Å². The van der Waals surface area contributed by atoms with E-state index >= 15 is 0 Å². The van der Waals surface area contributed by atoms with Gasteiger partial charge in [-0.25, -0.2) is 13.1 Å². The average Bonchev–Trinajstić information content (AvgIpc) is 3.45. The number of nitrogens with one attached hydrogen (secondary N) is 2. The number of benzene rings is 1. The molecule has 0 spiro atoms. The second-order valence-electron chi connectivity index (χ2n) is 7.42. The Morgan fingerprint density at radius 3 is 2.40 bits per heavy atom. The molecule has 3 rings (SSSR count). The zero-order valence-corrected chi connectivity index (χ0v) is 15.6. The third kappa shape index (κ3) is 5.05. The normalized spacial score (nSPS) is 24.0. The van der Waals surface area contributed by atoms with Gasteiger partial charge in [0, 0.05) is 18.2 Å². The summed E-state index contributed by atoms with van der Waals surface area (Å²) in [5, 5.41) is 3.06. The molecule has 0 unspecified atom stereocenters. The van der Waals surface area contributed by atoms with Crippen molar-refractivity contribution in [3.05, 3.63) is 29.8 Å². The van der Waals surface area contributed by atoms with Crippen LogP contribution in [0, 0.1) is 11.8 Å². The SMILES string of the molecule is CCC1CCC(NC(=O)c2cccc(S(=O)(=O)NCC3CC3)c2)CC1. The van der Waals surface area contributed by atoms with Gasteiger partial charge in [0.15, 0.2) is 0 Å². The van der Waals surface area contributed by atoms with Gasteiger partial charge in [0.1, 0.15) is 0 Å². The molecule has 2 aliphatic rings. The first-order valence-corrected chi connectivity index (χ1v) is 10.9. The molecule has 6 heteroatoms. The highest BCUT2D eigenvalue weighted by Gasteiger charge is 2.25. The van der Waals surface area contributed by atoms with E-state index in [-0.39, 0.29) is 16.8 Å². The Morgan fingerprint density at radius 2 is 1.76 bits per heavy atom. The first-order chi connectivity index (χ1) is 12.0. The Labute approximate surface area is 150 Å². The van der Waals surface area contributed by atoms with Crippen molar-refractivity contribution in [2.75, 3.05) is 6.54 Å². The fourth-order valence-electron chi connectivity index (χ4n) is 3.42. The molecule has 1 aromatic rings. The summed E-state index contributed by atoms with van der Waals surface area (Å²) in [5.74, 6) is 1.07. The van der Waals surface area contributed by atoms with Gasteiger partial charge in [-0.2, -0.15) is 0 Å². The molecule has 2 fully saturated rings. The second-order valence-corrected chi connectivity index (χ2v) is 9.19. The fourth-order valence-corrected chi connectivity index (χ4v) is 4.58. The highest BCUT2D eigenvalue weighted by atomic mass is 32.2. The minimum atomic E-state index is -3.55. The molecule has 25 heavy (non-hydrogen) atoms. The molecule has 5 nitrogen and oxygen atoms in total. The van der Waals surface area contributed by atoms with Crippen molar-refractivity contribution in [3.8, 4) is 0 Å². The zero-order chi connectivity index (χ0) is 17.9. The molecule has 0 radical (unpaired) electrons. The van der Waals surface area contributed by atoms with E-state index in [0.717, 1.165) is 44.4 Å². The predicted octanol–water partition coefficient (Wildman–Crippen LogP) is 3.07. The van der Waals surface area contributed by atoms with Crippen LogP contribution in [0.3, 0.4) is 0 Å². The van der Waals surface area contributed by atoms with Crippen LogP contribution >= 0.6 is 0 Å². The van der Waals surface area contributed by atoms with Crippen molar-refractivity contribution >= 4 is 15.9 Å². The number of hydrogen-bond acceptors (Lipinski definition) is 3. The van der Waals surface area contributed by atoms with Crippen LogP contribution in [-0.2, 0) is 10.0 Å². The van der Waals surface area contributed by atoms with Gasteiger partial charge in [0.25, 0.3) is 5.91 Å². The number of hydrogen-bond donors (Lipinski definition) is 2. The van der Waals surface area contributed by atoms with E-state index in [9.17, 15) is 13.2 Å². The summed E-state index contributed by atoms with van der Waals surface area (Å²) in [5.41, 5.74) is 0.409. The number of rotatable bonds is 7. The van der Waals surface area contributed by atoms with Crippen molar-refractivity contribution in [2.24, 2.45) is 11.8 Å². The molecule has 1 amide bonds. The van der Waals surface area contributed by atoms with E-state index in [1.807, 2.05) is 0 Å². The van der Waals surface area contributed by atoms with Crippen molar-refractivity contribution in [3.63, 3.8) is 0 Å². The predicted molar refractivity (Wildman–Crippen MR) is 97.9 cm³/mol. The third-order valence-electron chi connectivity index (χ3n) is 5.42. The molecular weight excluding hydrogens is 336 g/mol. The lowest BCUT2D eigenvalue weighted by Gasteiger charge is -2.28. The molecule has 0 heterocycles. The zero-order valence-electron chi connectivity index (χ0n) is 14.8. The van der Waals surface area contributed by atoms with Crippen LogP contribution < -0.4 is 10.0 Å².